The summed E-state index contributed by atoms with van der Waals surface area (Å²) in [4.78, 5) is 21.1. The first kappa shape index (κ1) is 18.9. The maximum Gasteiger partial charge on any atom is 0.234 e. The van der Waals surface area contributed by atoms with Gasteiger partial charge in [0.25, 0.3) is 0 Å². The van der Waals surface area contributed by atoms with E-state index in [1.807, 2.05) is 42.9 Å². The largest absolute Gasteiger partial charge is 0.495 e. The molecule has 0 radical (unpaired) electrons. The van der Waals surface area contributed by atoms with Crippen LogP contribution in [0.4, 0.5) is 5.69 Å². The van der Waals surface area contributed by atoms with Crippen molar-refractivity contribution in [3.8, 4) is 17.0 Å². The van der Waals surface area contributed by atoms with Gasteiger partial charge in [0.05, 0.1) is 29.9 Å². The van der Waals surface area contributed by atoms with Crippen LogP contribution in [0.1, 0.15) is 12.6 Å². The lowest BCUT2D eigenvalue weighted by Gasteiger charge is -2.09. The van der Waals surface area contributed by atoms with Gasteiger partial charge in [0.1, 0.15) is 5.75 Å². The van der Waals surface area contributed by atoms with Crippen LogP contribution in [0.25, 0.3) is 11.3 Å². The van der Waals surface area contributed by atoms with Gasteiger partial charge in [-0.3, -0.25) is 9.48 Å². The molecule has 27 heavy (non-hydrogen) atoms. The first-order chi connectivity index (χ1) is 13.1. The van der Waals surface area contributed by atoms with E-state index in [-0.39, 0.29) is 11.7 Å². The van der Waals surface area contributed by atoms with Gasteiger partial charge >= 0.3 is 0 Å². The lowest BCUT2D eigenvalue weighted by atomic mass is 10.2. The third-order valence-electron chi connectivity index (χ3n) is 3.89. The molecule has 1 amide bonds. The second kappa shape index (κ2) is 8.68. The molecule has 1 N–H and O–H groups in total. The number of rotatable bonds is 7. The molecule has 3 rings (SSSR count). The van der Waals surface area contributed by atoms with Crippen molar-refractivity contribution in [3.63, 3.8) is 0 Å². The average molecular weight is 383 g/mol. The highest BCUT2D eigenvalue weighted by Crippen LogP contribution is 2.25. The van der Waals surface area contributed by atoms with Gasteiger partial charge in [0.2, 0.25) is 5.91 Å². The molecule has 0 saturated heterocycles. The van der Waals surface area contributed by atoms with E-state index in [4.69, 9.17) is 4.74 Å². The summed E-state index contributed by atoms with van der Waals surface area (Å²) in [5.41, 5.74) is 3.33. The van der Waals surface area contributed by atoms with Crippen molar-refractivity contribution >= 4 is 23.4 Å². The molecule has 0 atom stereocenters. The fourth-order valence-corrected chi connectivity index (χ4v) is 3.19. The molecule has 3 aromatic rings. The number of hydrogen-bond donors (Lipinski definition) is 1. The van der Waals surface area contributed by atoms with E-state index in [9.17, 15) is 4.79 Å². The van der Waals surface area contributed by atoms with Crippen LogP contribution >= 0.6 is 11.8 Å². The van der Waals surface area contributed by atoms with Crippen LogP contribution in [0.3, 0.4) is 0 Å². The quantitative estimate of drug-likeness (QED) is 0.497. The van der Waals surface area contributed by atoms with Crippen molar-refractivity contribution in [1.82, 2.24) is 19.7 Å². The monoisotopic (exact) mass is 383 g/mol. The molecule has 0 fully saturated rings. The molecule has 0 aliphatic carbocycles. The second-order valence-electron chi connectivity index (χ2n) is 5.75. The number of thioether (sulfide) groups is 1. The third-order valence-corrected chi connectivity index (χ3v) is 4.75. The number of aromatic nitrogens is 4. The number of methoxy groups -OCH3 is 1. The highest BCUT2D eigenvalue weighted by atomic mass is 32.2. The Hall–Kier alpha value is -2.87. The van der Waals surface area contributed by atoms with Crippen LogP contribution in [0.2, 0.25) is 0 Å². The molecular formula is C19H21N5O2S. The van der Waals surface area contributed by atoms with E-state index in [2.05, 4.69) is 20.4 Å². The molecule has 0 bridgehead atoms. The molecule has 0 aliphatic rings. The zero-order chi connectivity index (χ0) is 19.2. The van der Waals surface area contributed by atoms with Crippen molar-refractivity contribution in [1.29, 1.82) is 0 Å². The Labute approximate surface area is 162 Å². The maximum absolute atomic E-state index is 12.2. The summed E-state index contributed by atoms with van der Waals surface area (Å²) in [7, 11) is 1.57. The molecule has 0 saturated carbocycles. The number of para-hydroxylation sites is 2. The number of benzene rings is 1. The summed E-state index contributed by atoms with van der Waals surface area (Å²) in [5.74, 6) is 0.681. The first-order valence-electron chi connectivity index (χ1n) is 8.54. The van der Waals surface area contributed by atoms with Crippen LogP contribution in [0.5, 0.6) is 5.75 Å². The minimum Gasteiger partial charge on any atom is -0.495 e. The number of anilines is 1. The van der Waals surface area contributed by atoms with E-state index in [0.717, 1.165) is 23.5 Å². The Morgan fingerprint density at radius 3 is 2.85 bits per heavy atom. The zero-order valence-corrected chi connectivity index (χ0v) is 16.3. The predicted octanol–water partition coefficient (Wildman–Crippen LogP) is 3.41. The van der Waals surface area contributed by atoms with Crippen LogP contribution in [-0.2, 0) is 11.3 Å². The van der Waals surface area contributed by atoms with Crippen molar-refractivity contribution in [2.75, 3.05) is 18.2 Å². The summed E-state index contributed by atoms with van der Waals surface area (Å²) in [6.45, 7) is 4.80. The van der Waals surface area contributed by atoms with Crippen LogP contribution in [0, 0.1) is 6.92 Å². The SMILES string of the molecule is CCn1cc(-c2ccnc(SCC(=O)Nc3ccccc3OC)n2)c(C)n1. The maximum atomic E-state index is 12.2. The molecule has 0 aliphatic heterocycles. The summed E-state index contributed by atoms with van der Waals surface area (Å²) < 4.78 is 7.12. The van der Waals surface area contributed by atoms with Gasteiger partial charge in [0.15, 0.2) is 5.16 Å². The molecule has 7 nitrogen and oxygen atoms in total. The van der Waals surface area contributed by atoms with Gasteiger partial charge < -0.3 is 10.1 Å². The smallest absolute Gasteiger partial charge is 0.234 e. The number of nitrogens with one attached hydrogen (secondary N) is 1. The number of hydrogen-bond acceptors (Lipinski definition) is 6. The van der Waals surface area contributed by atoms with Crippen molar-refractivity contribution < 1.29 is 9.53 Å². The van der Waals surface area contributed by atoms with Gasteiger partial charge in [-0.15, -0.1) is 0 Å². The highest BCUT2D eigenvalue weighted by Gasteiger charge is 2.12. The van der Waals surface area contributed by atoms with E-state index < -0.39 is 0 Å². The summed E-state index contributed by atoms with van der Waals surface area (Å²) >= 11 is 1.29. The predicted molar refractivity (Wildman–Crippen MR) is 106 cm³/mol. The van der Waals surface area contributed by atoms with Gasteiger partial charge in [0, 0.05) is 24.5 Å². The van der Waals surface area contributed by atoms with E-state index >= 15 is 0 Å². The Morgan fingerprint density at radius 2 is 2.11 bits per heavy atom. The first-order valence-corrected chi connectivity index (χ1v) is 9.52. The van der Waals surface area contributed by atoms with Crippen LogP contribution < -0.4 is 10.1 Å². The van der Waals surface area contributed by atoms with E-state index in [1.54, 1.807) is 25.4 Å². The van der Waals surface area contributed by atoms with Gasteiger partial charge in [-0.2, -0.15) is 5.10 Å². The van der Waals surface area contributed by atoms with Crippen LogP contribution in [0.15, 0.2) is 47.9 Å². The van der Waals surface area contributed by atoms with Crippen molar-refractivity contribution in [2.24, 2.45) is 0 Å². The lowest BCUT2D eigenvalue weighted by Crippen LogP contribution is -2.14. The Morgan fingerprint density at radius 1 is 1.30 bits per heavy atom. The zero-order valence-electron chi connectivity index (χ0n) is 15.5. The standard InChI is InChI=1S/C19H21N5O2S/c1-4-24-11-14(13(2)23-24)15-9-10-20-19(22-15)27-12-18(25)21-16-7-5-6-8-17(16)26-3/h5-11H,4,12H2,1-3H3,(H,21,25). The van der Waals surface area contributed by atoms with Crippen molar-refractivity contribution in [3.05, 3.63) is 48.4 Å². The molecule has 2 aromatic heterocycles. The van der Waals surface area contributed by atoms with Gasteiger partial charge in [-0.25, -0.2) is 9.97 Å². The van der Waals surface area contributed by atoms with E-state index in [0.29, 0.717) is 16.6 Å². The number of aryl methyl sites for hydroxylation is 2. The molecular weight excluding hydrogens is 362 g/mol. The number of nitrogens with zero attached hydrogens (tertiary/aromatic N) is 4. The summed E-state index contributed by atoms with van der Waals surface area (Å²) in [6, 6.07) is 9.14. The lowest BCUT2D eigenvalue weighted by molar-refractivity contribution is -0.113. The molecule has 2 heterocycles. The van der Waals surface area contributed by atoms with Gasteiger partial charge in [-0.1, -0.05) is 23.9 Å². The fraction of sp³-hybridized carbons (Fsp3) is 0.263. The van der Waals surface area contributed by atoms with Gasteiger partial charge in [-0.05, 0) is 32.0 Å². The summed E-state index contributed by atoms with van der Waals surface area (Å²) in [5, 5.41) is 7.84. The number of amides is 1. The molecule has 1 aromatic carbocycles. The number of carbonyl (C=O) groups excluding carboxylic acids is 1. The van der Waals surface area contributed by atoms with Crippen LogP contribution in [-0.4, -0.2) is 38.5 Å². The topological polar surface area (TPSA) is 81.9 Å². The van der Waals surface area contributed by atoms with Crippen molar-refractivity contribution in [2.45, 2.75) is 25.5 Å². The minimum absolute atomic E-state index is 0.145. The normalized spacial score (nSPS) is 10.6. The highest BCUT2D eigenvalue weighted by molar-refractivity contribution is 7.99. The second-order valence-corrected chi connectivity index (χ2v) is 6.69. The van der Waals surface area contributed by atoms with E-state index in [1.165, 1.54) is 11.8 Å². The minimum atomic E-state index is -0.145. The fourth-order valence-electron chi connectivity index (χ4n) is 2.56. The average Bonchev–Trinajstić information content (AvgIpc) is 3.08. The Kier molecular flexibility index (Phi) is 6.08. The Bertz CT molecular complexity index is 941. The molecule has 140 valence electrons. The molecule has 8 heteroatoms. The number of ether oxygens (including phenoxy) is 1. The Balaban J connectivity index is 1.66. The molecule has 0 unspecified atom stereocenters. The number of carbonyl (C=O) groups is 1. The molecule has 0 spiro atoms. The third kappa shape index (κ3) is 4.65. The summed E-state index contributed by atoms with van der Waals surface area (Å²) in [6.07, 6.45) is 3.67.